The summed E-state index contributed by atoms with van der Waals surface area (Å²) in [7, 11) is 0. The normalized spacial score (nSPS) is 11.2. The van der Waals surface area contributed by atoms with Crippen LogP contribution < -0.4 is 16.4 Å². The van der Waals surface area contributed by atoms with E-state index in [1.54, 1.807) is 0 Å². The molecule has 0 aliphatic heterocycles. The highest BCUT2D eigenvalue weighted by atomic mass is 19.2. The minimum absolute atomic E-state index is 0.248. The van der Waals surface area contributed by atoms with E-state index in [0.29, 0.717) is 0 Å². The average molecular weight is 454 g/mol. The van der Waals surface area contributed by atoms with Gasteiger partial charge in [-0.25, -0.2) is 48.3 Å². The van der Waals surface area contributed by atoms with Crippen molar-refractivity contribution in [3.8, 4) is 0 Å². The molecule has 3 aromatic rings. The number of halogens is 11. The second kappa shape index (κ2) is 7.90. The predicted octanol–water partition coefficient (Wildman–Crippen LogP) is 4.04. The summed E-state index contributed by atoms with van der Waals surface area (Å²) in [6.07, 6.45) is 0. The van der Waals surface area contributed by atoms with E-state index in [4.69, 9.17) is 0 Å². The van der Waals surface area contributed by atoms with Gasteiger partial charge in [0.1, 0.15) is 5.82 Å². The molecule has 0 spiro atoms. The third-order valence-electron chi connectivity index (χ3n) is 4.53. The van der Waals surface area contributed by atoms with E-state index in [1.807, 2.05) is 0 Å². The zero-order valence-electron chi connectivity index (χ0n) is 15.0. The van der Waals surface area contributed by atoms with E-state index in [-0.39, 0.29) is 18.2 Å². The van der Waals surface area contributed by atoms with Crippen LogP contribution >= 0.6 is 0 Å². The Hall–Kier alpha value is -3.05. The highest BCUT2D eigenvalue weighted by Gasteiger charge is 2.41. The molecule has 12 heteroatoms. The van der Waals surface area contributed by atoms with Crippen molar-refractivity contribution < 1.29 is 48.3 Å². The summed E-state index contributed by atoms with van der Waals surface area (Å²) in [4.78, 5) is 0. The maximum atomic E-state index is 14.6. The Morgan fingerprint density at radius 3 is 1.13 bits per heavy atom. The maximum absolute atomic E-state index is 14.6. The Balaban J connectivity index is 2.60. The average Bonchev–Trinajstić information content (AvgIpc) is 2.69. The third kappa shape index (κ3) is 3.53. The van der Waals surface area contributed by atoms with Gasteiger partial charge in [0.2, 0.25) is 0 Å². The van der Waals surface area contributed by atoms with Gasteiger partial charge in [0.15, 0.2) is 58.2 Å². The molecular weight excluding hydrogens is 448 g/mol. The lowest BCUT2D eigenvalue weighted by molar-refractivity contribution is 0.459. The fraction of sp³-hybridized carbons (Fsp3) is 0.0526. The van der Waals surface area contributed by atoms with Gasteiger partial charge in [-0.05, 0) is 18.6 Å². The predicted molar refractivity (Wildman–Crippen MR) is 88.3 cm³/mol. The van der Waals surface area contributed by atoms with E-state index in [9.17, 15) is 48.3 Å². The molecule has 0 heterocycles. The first-order chi connectivity index (χ1) is 14.4. The van der Waals surface area contributed by atoms with E-state index in [1.165, 1.54) is 0 Å². The van der Waals surface area contributed by atoms with Crippen molar-refractivity contribution in [2.24, 2.45) is 0 Å². The van der Waals surface area contributed by atoms with Crippen LogP contribution in [0, 0.1) is 70.9 Å². The second-order valence-electron chi connectivity index (χ2n) is 6.41. The summed E-state index contributed by atoms with van der Waals surface area (Å²) < 4.78 is 156. The quantitative estimate of drug-likeness (QED) is 0.319. The molecule has 0 aliphatic rings. The molecule has 0 saturated heterocycles. The minimum Gasteiger partial charge on any atom is -0.207 e. The largest absolute Gasteiger partial charge is 0.264 e. The molecule has 162 valence electrons. The van der Waals surface area contributed by atoms with Crippen molar-refractivity contribution in [1.82, 2.24) is 0 Å². The van der Waals surface area contributed by atoms with Crippen LogP contribution in [-0.4, -0.2) is 6.71 Å². The van der Waals surface area contributed by atoms with Crippen LogP contribution in [0.4, 0.5) is 48.3 Å². The highest BCUT2D eigenvalue weighted by Crippen LogP contribution is 2.19. The highest BCUT2D eigenvalue weighted by molar-refractivity contribution is 6.95. The SMILES string of the molecule is Cc1cc(F)c(B(c2c(F)c(F)cc(F)c2F)c2c(F)c(F)cc(F)c2F)c(F)c1F. The Morgan fingerprint density at radius 1 is 0.419 bits per heavy atom. The van der Waals surface area contributed by atoms with Crippen LogP contribution in [0.1, 0.15) is 5.56 Å². The molecule has 0 aliphatic carbocycles. The molecule has 0 bridgehead atoms. The van der Waals surface area contributed by atoms with Crippen LogP contribution in [-0.2, 0) is 0 Å². The molecular formula is C19H6BF11. The molecule has 0 N–H and O–H groups in total. The summed E-state index contributed by atoms with van der Waals surface area (Å²) in [6, 6.07) is -0.406. The molecule has 0 amide bonds. The minimum atomic E-state index is -3.20. The van der Waals surface area contributed by atoms with Crippen molar-refractivity contribution in [2.75, 3.05) is 0 Å². The summed E-state index contributed by atoms with van der Waals surface area (Å²) in [5.74, 6) is -24.1. The molecule has 3 rings (SSSR count). The van der Waals surface area contributed by atoms with Gasteiger partial charge in [0.25, 0.3) is 6.71 Å². The lowest BCUT2D eigenvalue weighted by Gasteiger charge is -2.21. The van der Waals surface area contributed by atoms with Gasteiger partial charge in [0.05, 0.1) is 0 Å². The van der Waals surface area contributed by atoms with Crippen molar-refractivity contribution >= 4 is 23.1 Å². The fourth-order valence-corrected chi connectivity index (χ4v) is 3.12. The van der Waals surface area contributed by atoms with Gasteiger partial charge < -0.3 is 0 Å². The van der Waals surface area contributed by atoms with E-state index < -0.39 is 92.7 Å². The van der Waals surface area contributed by atoms with Crippen molar-refractivity contribution in [2.45, 2.75) is 6.92 Å². The molecule has 0 aromatic heterocycles. The van der Waals surface area contributed by atoms with E-state index in [2.05, 4.69) is 0 Å². The molecule has 0 nitrogen and oxygen atoms in total. The number of hydrogen-bond donors (Lipinski definition) is 0. The summed E-state index contributed by atoms with van der Waals surface area (Å²) >= 11 is 0. The molecule has 0 fully saturated rings. The van der Waals surface area contributed by atoms with Crippen LogP contribution in [0.5, 0.6) is 0 Å². The number of rotatable bonds is 3. The standard InChI is InChI=1S/C19H6BF11/c1-5-2-6(21)11(19(31)14(5)26)20(12-15(27)7(22)3-8(23)16(12)28)13-17(29)9(24)4-10(25)18(13)30/h2-4H,1H3. The van der Waals surface area contributed by atoms with E-state index >= 15 is 0 Å². The lowest BCUT2D eigenvalue weighted by atomic mass is 9.36. The molecule has 0 saturated carbocycles. The summed E-state index contributed by atoms with van der Waals surface area (Å²) in [5, 5.41) is 0. The van der Waals surface area contributed by atoms with Crippen molar-refractivity contribution in [3.63, 3.8) is 0 Å². The smallest absolute Gasteiger partial charge is 0.207 e. The van der Waals surface area contributed by atoms with Crippen LogP contribution in [0.15, 0.2) is 18.2 Å². The first-order valence-electron chi connectivity index (χ1n) is 8.18. The topological polar surface area (TPSA) is 0 Å². The first kappa shape index (κ1) is 22.6. The Bertz CT molecular complexity index is 1110. The zero-order valence-corrected chi connectivity index (χ0v) is 15.0. The summed E-state index contributed by atoms with van der Waals surface area (Å²) in [5.41, 5.74) is -6.62. The third-order valence-corrected chi connectivity index (χ3v) is 4.53. The second-order valence-corrected chi connectivity index (χ2v) is 6.41. The number of benzene rings is 3. The maximum Gasteiger partial charge on any atom is 0.264 e. The molecule has 0 radical (unpaired) electrons. The van der Waals surface area contributed by atoms with Crippen LogP contribution in [0.2, 0.25) is 0 Å². The van der Waals surface area contributed by atoms with Crippen molar-refractivity contribution in [1.29, 1.82) is 0 Å². The number of hydrogen-bond acceptors (Lipinski definition) is 0. The Kier molecular flexibility index (Phi) is 5.77. The Morgan fingerprint density at radius 2 is 0.774 bits per heavy atom. The first-order valence-corrected chi connectivity index (χ1v) is 8.18. The lowest BCUT2D eigenvalue weighted by Crippen LogP contribution is -2.60. The van der Waals surface area contributed by atoms with Gasteiger partial charge >= 0.3 is 0 Å². The molecule has 0 unspecified atom stereocenters. The van der Waals surface area contributed by atoms with Crippen molar-refractivity contribution in [3.05, 3.63) is 87.8 Å². The van der Waals surface area contributed by atoms with Gasteiger partial charge in [-0.3, -0.25) is 0 Å². The van der Waals surface area contributed by atoms with E-state index in [0.717, 1.165) is 6.92 Å². The van der Waals surface area contributed by atoms with Crippen LogP contribution in [0.3, 0.4) is 0 Å². The number of aryl methyl sites for hydroxylation is 1. The fourth-order valence-electron chi connectivity index (χ4n) is 3.12. The molecule has 0 atom stereocenters. The molecule has 3 aromatic carbocycles. The molecule has 31 heavy (non-hydrogen) atoms. The van der Waals surface area contributed by atoms with Gasteiger partial charge in [-0.1, -0.05) is 0 Å². The monoisotopic (exact) mass is 454 g/mol. The Labute approximate surface area is 167 Å². The van der Waals surface area contributed by atoms with Gasteiger partial charge in [0, 0.05) is 28.5 Å². The summed E-state index contributed by atoms with van der Waals surface area (Å²) in [6.45, 7) is -2.35. The zero-order chi connectivity index (χ0) is 23.4. The van der Waals surface area contributed by atoms with Gasteiger partial charge in [-0.2, -0.15) is 0 Å². The van der Waals surface area contributed by atoms with Crippen LogP contribution in [0.25, 0.3) is 0 Å². The van der Waals surface area contributed by atoms with Gasteiger partial charge in [-0.15, -0.1) is 0 Å².